The zero-order chi connectivity index (χ0) is 33.2. The van der Waals surface area contributed by atoms with Gasteiger partial charge in [0, 0.05) is 27.3 Å². The van der Waals surface area contributed by atoms with Crippen molar-refractivity contribution in [2.75, 3.05) is 4.90 Å². The fourth-order valence-electron chi connectivity index (χ4n) is 8.81. The van der Waals surface area contributed by atoms with E-state index in [1.165, 1.54) is 61.3 Å². The lowest BCUT2D eigenvalue weighted by Crippen LogP contribution is -2.18. The summed E-state index contributed by atoms with van der Waals surface area (Å²) in [7, 11) is 0. The Morgan fingerprint density at radius 3 is 2.02 bits per heavy atom. The van der Waals surface area contributed by atoms with E-state index in [0.29, 0.717) is 5.69 Å². The highest BCUT2D eigenvalue weighted by Gasteiger charge is 2.42. The van der Waals surface area contributed by atoms with Crippen molar-refractivity contribution in [1.82, 2.24) is 0 Å². The minimum atomic E-state index is -0.289. The van der Waals surface area contributed by atoms with E-state index in [2.05, 4.69) is 107 Å². The predicted octanol–water partition coefficient (Wildman–Crippen LogP) is 13.0. The van der Waals surface area contributed by atoms with Gasteiger partial charge < -0.3 is 9.32 Å². The number of para-hydroxylation sites is 3. The van der Waals surface area contributed by atoms with Gasteiger partial charge in [0.25, 0.3) is 0 Å². The third-order valence-electron chi connectivity index (χ3n) is 11.3. The van der Waals surface area contributed by atoms with Crippen molar-refractivity contribution < 1.29 is 8.81 Å². The first kappa shape index (κ1) is 28.4. The van der Waals surface area contributed by atoms with Crippen LogP contribution in [-0.4, -0.2) is 0 Å². The van der Waals surface area contributed by atoms with Crippen molar-refractivity contribution in [3.8, 4) is 22.3 Å². The number of hydrogen-bond acceptors (Lipinski definition) is 2. The molecule has 236 valence electrons. The standard InChI is InChI=1S/C46H34FNO/c1-45(2)35-23-20-27-12-5-6-13-29(27)43(35)34-26-37-33(25-38(34)45)30-22-21-28(24-36(30)46(37,3)4)48(40-17-9-8-16-39(40)47)41-18-11-15-32-31-14-7-10-19-42(31)49-44(32)41/h5-26H,1-4H3. The lowest BCUT2D eigenvalue weighted by atomic mass is 9.79. The lowest BCUT2D eigenvalue weighted by Gasteiger charge is -2.28. The number of halogens is 1. The number of benzene rings is 7. The molecule has 0 N–H and O–H groups in total. The average Bonchev–Trinajstić information content (AvgIpc) is 3.68. The molecule has 10 rings (SSSR count). The Hall–Kier alpha value is -5.67. The zero-order valence-corrected chi connectivity index (χ0v) is 27.9. The fraction of sp³-hybridized carbons (Fsp3) is 0.130. The summed E-state index contributed by atoms with van der Waals surface area (Å²) in [5.41, 5.74) is 13.9. The van der Waals surface area contributed by atoms with Gasteiger partial charge in [-0.15, -0.1) is 0 Å². The summed E-state index contributed by atoms with van der Waals surface area (Å²) in [6, 6.07) is 46.1. The zero-order valence-electron chi connectivity index (χ0n) is 27.9. The molecule has 0 amide bonds. The maximum atomic E-state index is 15.8. The Kier molecular flexibility index (Phi) is 5.61. The summed E-state index contributed by atoms with van der Waals surface area (Å²) in [5.74, 6) is -0.289. The van der Waals surface area contributed by atoms with Crippen molar-refractivity contribution in [2.45, 2.75) is 38.5 Å². The molecule has 0 aliphatic heterocycles. The van der Waals surface area contributed by atoms with Crippen LogP contribution in [0.3, 0.4) is 0 Å². The maximum absolute atomic E-state index is 15.8. The summed E-state index contributed by atoms with van der Waals surface area (Å²) in [6.45, 7) is 9.36. The molecule has 3 heteroatoms. The van der Waals surface area contributed by atoms with Crippen molar-refractivity contribution in [1.29, 1.82) is 0 Å². The van der Waals surface area contributed by atoms with Crippen LogP contribution in [0.5, 0.6) is 0 Å². The van der Waals surface area contributed by atoms with Gasteiger partial charge in [-0.1, -0.05) is 113 Å². The van der Waals surface area contributed by atoms with Crippen LogP contribution in [-0.2, 0) is 10.8 Å². The molecule has 0 radical (unpaired) electrons. The third kappa shape index (κ3) is 3.76. The molecule has 49 heavy (non-hydrogen) atoms. The molecule has 2 aliphatic carbocycles. The third-order valence-corrected chi connectivity index (χ3v) is 11.3. The topological polar surface area (TPSA) is 16.4 Å². The molecule has 0 saturated carbocycles. The average molecular weight is 636 g/mol. The summed E-state index contributed by atoms with van der Waals surface area (Å²) in [5, 5.41) is 4.63. The van der Waals surface area contributed by atoms with Crippen LogP contribution in [0.25, 0.3) is 55.0 Å². The monoisotopic (exact) mass is 635 g/mol. The van der Waals surface area contributed by atoms with E-state index in [1.54, 1.807) is 6.07 Å². The van der Waals surface area contributed by atoms with E-state index in [4.69, 9.17) is 4.42 Å². The Labute approximate surface area is 285 Å². The summed E-state index contributed by atoms with van der Waals surface area (Å²) >= 11 is 0. The highest BCUT2D eigenvalue weighted by atomic mass is 19.1. The fourth-order valence-corrected chi connectivity index (χ4v) is 8.81. The van der Waals surface area contributed by atoms with Crippen molar-refractivity contribution in [3.63, 3.8) is 0 Å². The molecular formula is C46H34FNO. The molecule has 7 aromatic carbocycles. The molecule has 0 saturated heterocycles. The van der Waals surface area contributed by atoms with E-state index < -0.39 is 0 Å². The normalized spacial score (nSPS) is 15.0. The number of furan rings is 1. The van der Waals surface area contributed by atoms with Crippen LogP contribution in [0.4, 0.5) is 21.5 Å². The second-order valence-electron chi connectivity index (χ2n) is 14.7. The molecule has 0 atom stereocenters. The Bertz CT molecular complexity index is 2690. The number of hydrogen-bond donors (Lipinski definition) is 0. The summed E-state index contributed by atoms with van der Waals surface area (Å²) < 4.78 is 22.3. The highest BCUT2D eigenvalue weighted by Crippen LogP contribution is 2.58. The lowest BCUT2D eigenvalue weighted by molar-refractivity contribution is 0.628. The van der Waals surface area contributed by atoms with Crippen molar-refractivity contribution in [3.05, 3.63) is 162 Å². The van der Waals surface area contributed by atoms with Gasteiger partial charge >= 0.3 is 0 Å². The van der Waals surface area contributed by atoms with Crippen molar-refractivity contribution >= 4 is 49.8 Å². The highest BCUT2D eigenvalue weighted by molar-refractivity contribution is 6.10. The molecule has 2 aliphatic rings. The summed E-state index contributed by atoms with van der Waals surface area (Å²) in [6.07, 6.45) is 0. The number of rotatable bonds is 3. The van der Waals surface area contributed by atoms with E-state index in [9.17, 15) is 0 Å². The van der Waals surface area contributed by atoms with Crippen LogP contribution >= 0.6 is 0 Å². The van der Waals surface area contributed by atoms with Gasteiger partial charge in [-0.25, -0.2) is 4.39 Å². The van der Waals surface area contributed by atoms with Crippen LogP contribution in [0, 0.1) is 5.82 Å². The molecule has 0 bridgehead atoms. The first-order chi connectivity index (χ1) is 23.7. The van der Waals surface area contributed by atoms with Gasteiger partial charge in [-0.05, 0) is 104 Å². The van der Waals surface area contributed by atoms with Crippen LogP contribution in [0.15, 0.2) is 138 Å². The van der Waals surface area contributed by atoms with Gasteiger partial charge in [-0.2, -0.15) is 0 Å². The SMILES string of the molecule is CC1(C)c2cc(N(c3ccccc3F)c3cccc4c3oc3ccccc34)ccc2-c2cc3c(cc21)-c1c(ccc2ccccc12)C3(C)C. The molecular weight excluding hydrogens is 602 g/mol. The van der Waals surface area contributed by atoms with Gasteiger partial charge in [0.2, 0.25) is 0 Å². The Morgan fingerprint density at radius 2 is 1.16 bits per heavy atom. The van der Waals surface area contributed by atoms with Gasteiger partial charge in [0.1, 0.15) is 11.4 Å². The molecule has 0 unspecified atom stereocenters. The molecule has 1 aromatic heterocycles. The quantitative estimate of drug-likeness (QED) is 0.192. The predicted molar refractivity (Wildman–Crippen MR) is 201 cm³/mol. The first-order valence-corrected chi connectivity index (χ1v) is 17.0. The molecule has 8 aromatic rings. The van der Waals surface area contributed by atoms with E-state index in [1.807, 2.05) is 47.4 Å². The Balaban J connectivity index is 1.18. The molecule has 2 nitrogen and oxygen atoms in total. The maximum Gasteiger partial charge on any atom is 0.159 e. The van der Waals surface area contributed by atoms with E-state index >= 15 is 4.39 Å². The van der Waals surface area contributed by atoms with Gasteiger partial charge in [0.15, 0.2) is 5.58 Å². The molecule has 1 heterocycles. The second kappa shape index (κ2) is 9.70. The van der Waals surface area contributed by atoms with Crippen LogP contribution in [0.1, 0.15) is 49.9 Å². The number of fused-ring (bicyclic) bond motifs is 11. The van der Waals surface area contributed by atoms with E-state index in [-0.39, 0.29) is 16.6 Å². The smallest absolute Gasteiger partial charge is 0.159 e. The van der Waals surface area contributed by atoms with Crippen LogP contribution < -0.4 is 4.90 Å². The molecule has 0 fully saturated rings. The van der Waals surface area contributed by atoms with Crippen LogP contribution in [0.2, 0.25) is 0 Å². The first-order valence-electron chi connectivity index (χ1n) is 17.0. The Morgan fingerprint density at radius 1 is 0.510 bits per heavy atom. The summed E-state index contributed by atoms with van der Waals surface area (Å²) in [4.78, 5) is 2.02. The largest absolute Gasteiger partial charge is 0.454 e. The number of anilines is 3. The minimum absolute atomic E-state index is 0.122. The van der Waals surface area contributed by atoms with Gasteiger partial charge in [0.05, 0.1) is 11.4 Å². The second-order valence-corrected chi connectivity index (χ2v) is 14.7. The molecule has 0 spiro atoms. The van der Waals surface area contributed by atoms with E-state index in [0.717, 1.165) is 33.3 Å². The van der Waals surface area contributed by atoms with Gasteiger partial charge in [-0.3, -0.25) is 0 Å². The number of nitrogens with zero attached hydrogens (tertiary/aromatic N) is 1. The minimum Gasteiger partial charge on any atom is -0.454 e. The van der Waals surface area contributed by atoms with Crippen molar-refractivity contribution in [2.24, 2.45) is 0 Å².